The van der Waals surface area contributed by atoms with Crippen LogP contribution >= 0.6 is 23.1 Å². The molecule has 31 heavy (non-hydrogen) atoms. The van der Waals surface area contributed by atoms with Gasteiger partial charge in [0, 0.05) is 30.7 Å². The second-order valence-electron chi connectivity index (χ2n) is 7.29. The third-order valence-electron chi connectivity index (χ3n) is 4.86. The number of hydrogen-bond acceptors (Lipinski definition) is 6. The number of aromatic nitrogens is 4. The van der Waals surface area contributed by atoms with E-state index in [9.17, 15) is 4.79 Å². The molecular formula is C23H23N5OS2. The minimum Gasteiger partial charge on any atom is -0.305 e. The fourth-order valence-electron chi connectivity index (χ4n) is 3.35. The number of rotatable bonds is 6. The van der Waals surface area contributed by atoms with E-state index >= 15 is 0 Å². The largest absolute Gasteiger partial charge is 0.305 e. The maximum atomic E-state index is 12.4. The molecule has 0 spiro atoms. The van der Waals surface area contributed by atoms with E-state index in [1.807, 2.05) is 73.3 Å². The van der Waals surface area contributed by atoms with E-state index in [1.165, 1.54) is 16.9 Å². The summed E-state index contributed by atoms with van der Waals surface area (Å²) in [6, 6.07) is 16.1. The second-order valence-corrected chi connectivity index (χ2v) is 9.06. The van der Waals surface area contributed by atoms with Crippen molar-refractivity contribution in [2.75, 3.05) is 4.90 Å². The van der Waals surface area contributed by atoms with E-state index in [0.717, 1.165) is 33.5 Å². The zero-order valence-corrected chi connectivity index (χ0v) is 19.5. The molecule has 0 fully saturated rings. The van der Waals surface area contributed by atoms with Crippen LogP contribution in [0.5, 0.6) is 0 Å². The molecule has 8 heteroatoms. The summed E-state index contributed by atoms with van der Waals surface area (Å²) in [6.45, 7) is 5.63. The molecule has 158 valence electrons. The Morgan fingerprint density at radius 1 is 1.13 bits per heavy atom. The van der Waals surface area contributed by atoms with Crippen LogP contribution in [0.15, 0.2) is 59.1 Å². The molecule has 0 unspecified atom stereocenters. The highest BCUT2D eigenvalue weighted by Gasteiger charge is 2.20. The Hall–Kier alpha value is -2.97. The standard InChI is InChI=1S/C23H23N5OS2/c1-15-10-11-20(16(2)12-15)28(17(3)29)22-24-19(13-30-22)14-31-23-26-25-21(27(23)4)18-8-6-5-7-9-18/h5-13H,14H2,1-4H3. The summed E-state index contributed by atoms with van der Waals surface area (Å²) >= 11 is 3.05. The Morgan fingerprint density at radius 2 is 1.90 bits per heavy atom. The van der Waals surface area contributed by atoms with Crippen molar-refractivity contribution in [1.82, 2.24) is 19.7 Å². The van der Waals surface area contributed by atoms with Gasteiger partial charge in [-0.1, -0.05) is 59.8 Å². The van der Waals surface area contributed by atoms with Gasteiger partial charge in [-0.05, 0) is 25.5 Å². The molecule has 0 aliphatic rings. The van der Waals surface area contributed by atoms with Crippen LogP contribution in [0.2, 0.25) is 0 Å². The predicted molar refractivity (Wildman–Crippen MR) is 127 cm³/mol. The van der Waals surface area contributed by atoms with Crippen molar-refractivity contribution in [2.45, 2.75) is 31.7 Å². The number of carbonyl (C=O) groups is 1. The summed E-state index contributed by atoms with van der Waals surface area (Å²) in [6.07, 6.45) is 0. The Balaban J connectivity index is 1.52. The third kappa shape index (κ3) is 4.55. The van der Waals surface area contributed by atoms with E-state index in [2.05, 4.69) is 16.3 Å². The number of carbonyl (C=O) groups excluding carboxylic acids is 1. The molecule has 0 bridgehead atoms. The fourth-order valence-corrected chi connectivity index (χ4v) is 5.14. The number of thiazole rings is 1. The van der Waals surface area contributed by atoms with Crippen LogP contribution < -0.4 is 4.90 Å². The second kappa shape index (κ2) is 9.03. The van der Waals surface area contributed by atoms with Crippen molar-refractivity contribution in [3.05, 3.63) is 70.7 Å². The van der Waals surface area contributed by atoms with Crippen molar-refractivity contribution >= 4 is 39.8 Å². The molecule has 2 aromatic carbocycles. The molecule has 2 heterocycles. The molecule has 2 aromatic heterocycles. The van der Waals surface area contributed by atoms with E-state index in [1.54, 1.807) is 23.6 Å². The molecule has 0 saturated carbocycles. The van der Waals surface area contributed by atoms with Gasteiger partial charge in [-0.15, -0.1) is 21.5 Å². The first kappa shape index (κ1) is 21.3. The van der Waals surface area contributed by atoms with Crippen molar-refractivity contribution in [2.24, 2.45) is 7.05 Å². The highest BCUT2D eigenvalue weighted by Crippen LogP contribution is 2.33. The van der Waals surface area contributed by atoms with Crippen molar-refractivity contribution in [3.8, 4) is 11.4 Å². The molecule has 0 saturated heterocycles. The number of benzene rings is 2. The van der Waals surface area contributed by atoms with Gasteiger partial charge in [-0.2, -0.15) is 0 Å². The smallest absolute Gasteiger partial charge is 0.230 e. The summed E-state index contributed by atoms with van der Waals surface area (Å²) in [5.41, 5.74) is 5.02. The van der Waals surface area contributed by atoms with Crippen molar-refractivity contribution in [1.29, 1.82) is 0 Å². The van der Waals surface area contributed by atoms with Gasteiger partial charge in [-0.3, -0.25) is 9.69 Å². The van der Waals surface area contributed by atoms with Crippen LogP contribution in [0.1, 0.15) is 23.7 Å². The highest BCUT2D eigenvalue weighted by molar-refractivity contribution is 7.98. The SMILES string of the molecule is CC(=O)N(c1nc(CSc2nnc(-c3ccccc3)n2C)cs1)c1ccc(C)cc1C. The lowest BCUT2D eigenvalue weighted by atomic mass is 10.1. The van der Waals surface area contributed by atoms with Crippen molar-refractivity contribution in [3.63, 3.8) is 0 Å². The molecule has 4 aromatic rings. The van der Waals surface area contributed by atoms with Crippen LogP contribution in [0.4, 0.5) is 10.8 Å². The number of thioether (sulfide) groups is 1. The lowest BCUT2D eigenvalue weighted by Crippen LogP contribution is -2.23. The molecule has 0 atom stereocenters. The van der Waals surface area contributed by atoms with Gasteiger partial charge >= 0.3 is 0 Å². The van der Waals surface area contributed by atoms with Crippen molar-refractivity contribution < 1.29 is 4.79 Å². The molecule has 0 aliphatic carbocycles. The lowest BCUT2D eigenvalue weighted by molar-refractivity contribution is -0.115. The molecule has 0 N–H and O–H groups in total. The van der Waals surface area contributed by atoms with Crippen LogP contribution in [-0.2, 0) is 17.6 Å². The minimum atomic E-state index is -0.0543. The van der Waals surface area contributed by atoms with E-state index in [0.29, 0.717) is 10.9 Å². The molecule has 1 amide bonds. The Morgan fingerprint density at radius 3 is 2.61 bits per heavy atom. The summed E-state index contributed by atoms with van der Waals surface area (Å²) in [5, 5.41) is 12.2. The summed E-state index contributed by atoms with van der Waals surface area (Å²) in [4.78, 5) is 18.8. The summed E-state index contributed by atoms with van der Waals surface area (Å²) in [5.74, 6) is 1.43. The normalized spacial score (nSPS) is 11.0. The van der Waals surface area contributed by atoms with Crippen LogP contribution in [0.25, 0.3) is 11.4 Å². The molecule has 0 aliphatic heterocycles. The van der Waals surface area contributed by atoms with Crippen LogP contribution in [-0.4, -0.2) is 25.7 Å². The van der Waals surface area contributed by atoms with E-state index in [4.69, 9.17) is 4.98 Å². The van der Waals surface area contributed by atoms with E-state index in [-0.39, 0.29) is 5.91 Å². The van der Waals surface area contributed by atoms with Gasteiger partial charge in [0.15, 0.2) is 16.1 Å². The van der Waals surface area contributed by atoms with Gasteiger partial charge in [0.05, 0.1) is 11.4 Å². The Kier molecular flexibility index (Phi) is 6.20. The number of nitrogens with zero attached hydrogens (tertiary/aromatic N) is 5. The van der Waals surface area contributed by atoms with Gasteiger partial charge in [-0.25, -0.2) is 4.98 Å². The Bertz CT molecular complexity index is 1220. The fraction of sp³-hybridized carbons (Fsp3) is 0.217. The Labute approximate surface area is 190 Å². The summed E-state index contributed by atoms with van der Waals surface area (Å²) in [7, 11) is 1.97. The zero-order chi connectivity index (χ0) is 22.0. The highest BCUT2D eigenvalue weighted by atomic mass is 32.2. The molecule has 4 rings (SSSR count). The van der Waals surface area contributed by atoms with Crippen LogP contribution in [0.3, 0.4) is 0 Å². The first-order valence-corrected chi connectivity index (χ1v) is 11.7. The first-order chi connectivity index (χ1) is 14.9. The monoisotopic (exact) mass is 449 g/mol. The number of hydrogen-bond donors (Lipinski definition) is 0. The third-order valence-corrected chi connectivity index (χ3v) is 6.78. The average Bonchev–Trinajstić information content (AvgIpc) is 3.35. The topological polar surface area (TPSA) is 63.9 Å². The molecule has 0 radical (unpaired) electrons. The summed E-state index contributed by atoms with van der Waals surface area (Å²) < 4.78 is 1.99. The predicted octanol–water partition coefficient (Wildman–Crippen LogP) is 5.53. The number of anilines is 2. The maximum absolute atomic E-state index is 12.4. The first-order valence-electron chi connectivity index (χ1n) is 9.84. The molecule has 6 nitrogen and oxygen atoms in total. The zero-order valence-electron chi connectivity index (χ0n) is 17.9. The minimum absolute atomic E-state index is 0.0543. The lowest BCUT2D eigenvalue weighted by Gasteiger charge is -2.20. The number of amides is 1. The number of aryl methyl sites for hydroxylation is 2. The van der Waals surface area contributed by atoms with Gasteiger partial charge in [0.25, 0.3) is 0 Å². The quantitative estimate of drug-likeness (QED) is 0.362. The van der Waals surface area contributed by atoms with Crippen LogP contribution in [0, 0.1) is 13.8 Å². The van der Waals surface area contributed by atoms with Gasteiger partial charge in [0.1, 0.15) is 0 Å². The van der Waals surface area contributed by atoms with E-state index < -0.39 is 0 Å². The van der Waals surface area contributed by atoms with Gasteiger partial charge < -0.3 is 4.57 Å². The molecular weight excluding hydrogens is 426 g/mol. The average molecular weight is 450 g/mol. The van der Waals surface area contributed by atoms with Gasteiger partial charge in [0.2, 0.25) is 5.91 Å². The maximum Gasteiger partial charge on any atom is 0.230 e.